The Hall–Kier alpha value is -2.63. The van der Waals surface area contributed by atoms with Gasteiger partial charge in [0.05, 0.1) is 5.56 Å². The maximum Gasteiger partial charge on any atom is 0.261 e. The van der Waals surface area contributed by atoms with Crippen LogP contribution in [0.5, 0.6) is 0 Å². The number of hydrogen-bond donors (Lipinski definition) is 1. The smallest absolute Gasteiger partial charge is 0.261 e. The molecule has 0 aliphatic heterocycles. The summed E-state index contributed by atoms with van der Waals surface area (Å²) in [5.74, 6) is 0.126. The van der Waals surface area contributed by atoms with Crippen LogP contribution in [0.2, 0.25) is 0 Å². The zero-order valence-electron chi connectivity index (χ0n) is 9.62. The van der Waals surface area contributed by atoms with E-state index in [-0.39, 0.29) is 5.91 Å². The van der Waals surface area contributed by atoms with Crippen molar-refractivity contribution in [3.63, 3.8) is 0 Å². The Bertz CT molecular complexity index is 714. The van der Waals surface area contributed by atoms with Crippen molar-refractivity contribution in [3.8, 4) is 0 Å². The molecule has 2 heterocycles. The van der Waals surface area contributed by atoms with Gasteiger partial charge in [-0.1, -0.05) is 18.2 Å². The number of hydrogen-bond acceptors (Lipinski definition) is 4. The van der Waals surface area contributed by atoms with Crippen LogP contribution in [0.4, 0.5) is 5.95 Å². The van der Waals surface area contributed by atoms with E-state index in [2.05, 4.69) is 15.5 Å². The van der Waals surface area contributed by atoms with Gasteiger partial charge in [0, 0.05) is 12.4 Å². The number of rotatable bonds is 2. The second-order valence-corrected chi connectivity index (χ2v) is 3.87. The Balaban J connectivity index is 1.95. The Morgan fingerprint density at radius 3 is 3.00 bits per heavy atom. The first-order chi connectivity index (χ1) is 8.75. The fourth-order valence-electron chi connectivity index (χ4n) is 1.72. The first kappa shape index (κ1) is 10.5. The van der Waals surface area contributed by atoms with Gasteiger partial charge in [-0.05, 0) is 6.07 Å². The molecule has 0 fully saturated rings. The van der Waals surface area contributed by atoms with Gasteiger partial charge in [0.15, 0.2) is 0 Å². The minimum absolute atomic E-state index is 0.268. The number of anilines is 1. The highest BCUT2D eigenvalue weighted by atomic mass is 16.3. The lowest BCUT2D eigenvalue weighted by Crippen LogP contribution is -2.14. The van der Waals surface area contributed by atoms with Crippen LogP contribution >= 0.6 is 0 Å². The van der Waals surface area contributed by atoms with Crippen LogP contribution in [-0.2, 0) is 7.05 Å². The largest absolute Gasteiger partial charge is 0.463 e. The molecule has 1 aromatic carbocycles. The summed E-state index contributed by atoms with van der Waals surface area (Å²) in [6.45, 7) is 0. The highest BCUT2D eigenvalue weighted by molar-refractivity contribution is 6.11. The third kappa shape index (κ3) is 1.64. The molecule has 0 radical (unpaired) electrons. The first-order valence-electron chi connectivity index (χ1n) is 5.37. The number of furan rings is 1. The average molecular weight is 242 g/mol. The first-order valence-corrected chi connectivity index (χ1v) is 5.37. The number of nitrogens with zero attached hydrogens (tertiary/aromatic N) is 3. The number of carbonyl (C=O) groups is 1. The highest BCUT2D eigenvalue weighted by Gasteiger charge is 2.15. The van der Waals surface area contributed by atoms with Gasteiger partial charge < -0.3 is 8.98 Å². The molecule has 0 saturated heterocycles. The lowest BCUT2D eigenvalue weighted by atomic mass is 10.2. The summed E-state index contributed by atoms with van der Waals surface area (Å²) in [4.78, 5) is 12.1. The molecule has 1 amide bonds. The van der Waals surface area contributed by atoms with Gasteiger partial charge >= 0.3 is 0 Å². The van der Waals surface area contributed by atoms with Gasteiger partial charge in [0.2, 0.25) is 5.95 Å². The molecule has 90 valence electrons. The third-order valence-corrected chi connectivity index (χ3v) is 2.66. The number of amides is 1. The topological polar surface area (TPSA) is 73.0 Å². The normalized spacial score (nSPS) is 10.7. The van der Waals surface area contributed by atoms with Crippen LogP contribution in [0.1, 0.15) is 10.4 Å². The molecular weight excluding hydrogens is 232 g/mol. The summed E-state index contributed by atoms with van der Waals surface area (Å²) in [7, 11) is 1.75. The number of fused-ring (bicyclic) bond motifs is 1. The van der Waals surface area contributed by atoms with Crippen LogP contribution < -0.4 is 5.32 Å². The van der Waals surface area contributed by atoms with Crippen LogP contribution in [0, 0.1) is 0 Å². The molecule has 1 N–H and O–H groups in total. The second kappa shape index (κ2) is 3.99. The lowest BCUT2D eigenvalue weighted by molar-refractivity contribution is 0.102. The molecule has 0 aliphatic carbocycles. The number of nitrogens with one attached hydrogen (secondary N) is 1. The molecule has 0 unspecified atom stereocenters. The number of para-hydroxylation sites is 1. The zero-order valence-corrected chi connectivity index (χ0v) is 9.62. The van der Waals surface area contributed by atoms with Gasteiger partial charge in [-0.15, -0.1) is 10.2 Å². The SMILES string of the molecule is Cn1cnnc1NC(=O)c1coc2ccccc12. The van der Waals surface area contributed by atoms with Crippen molar-refractivity contribution < 1.29 is 9.21 Å². The summed E-state index contributed by atoms with van der Waals surface area (Å²) in [6, 6.07) is 7.37. The Labute approximate surface area is 102 Å². The summed E-state index contributed by atoms with van der Waals surface area (Å²) in [5, 5.41) is 10.9. The second-order valence-electron chi connectivity index (χ2n) is 3.87. The van der Waals surface area contributed by atoms with Crippen LogP contribution in [0.25, 0.3) is 11.0 Å². The predicted octanol–water partition coefficient (Wildman–Crippen LogP) is 1.81. The lowest BCUT2D eigenvalue weighted by Gasteiger charge is -2.01. The number of benzene rings is 1. The van der Waals surface area contributed by atoms with Crippen molar-refractivity contribution in [2.75, 3.05) is 5.32 Å². The van der Waals surface area contributed by atoms with E-state index in [1.165, 1.54) is 12.6 Å². The minimum atomic E-state index is -0.268. The van der Waals surface area contributed by atoms with Crippen LogP contribution in [-0.4, -0.2) is 20.7 Å². The average Bonchev–Trinajstić information content (AvgIpc) is 2.96. The van der Waals surface area contributed by atoms with E-state index >= 15 is 0 Å². The van der Waals surface area contributed by atoms with E-state index in [1.54, 1.807) is 11.6 Å². The summed E-state index contributed by atoms with van der Waals surface area (Å²) >= 11 is 0. The molecule has 3 rings (SSSR count). The maximum atomic E-state index is 12.1. The van der Waals surface area contributed by atoms with Crippen molar-refractivity contribution in [1.29, 1.82) is 0 Å². The standard InChI is InChI=1S/C12H10N4O2/c1-16-7-13-15-12(16)14-11(17)9-6-18-10-5-3-2-4-8(9)10/h2-7H,1H3,(H,14,15,17). The van der Waals surface area contributed by atoms with Crippen molar-refractivity contribution >= 4 is 22.8 Å². The van der Waals surface area contributed by atoms with E-state index in [0.29, 0.717) is 17.1 Å². The molecule has 3 aromatic rings. The van der Waals surface area contributed by atoms with Crippen LogP contribution in [0.15, 0.2) is 41.3 Å². The molecule has 6 nitrogen and oxygen atoms in total. The Morgan fingerprint density at radius 2 is 2.22 bits per heavy atom. The van der Waals surface area contributed by atoms with Gasteiger partial charge in [0.25, 0.3) is 5.91 Å². The van der Waals surface area contributed by atoms with E-state index in [0.717, 1.165) is 5.39 Å². The maximum absolute atomic E-state index is 12.1. The van der Waals surface area contributed by atoms with E-state index in [9.17, 15) is 4.79 Å². The molecule has 0 aliphatic rings. The molecule has 0 spiro atoms. The van der Waals surface area contributed by atoms with Gasteiger partial charge in [-0.3, -0.25) is 10.1 Å². The molecule has 0 saturated carbocycles. The molecule has 6 heteroatoms. The Kier molecular flexibility index (Phi) is 2.33. The van der Waals surface area contributed by atoms with Crippen molar-refractivity contribution in [1.82, 2.24) is 14.8 Å². The molecular formula is C12H10N4O2. The number of carbonyl (C=O) groups excluding carboxylic acids is 1. The van der Waals surface area contributed by atoms with Gasteiger partial charge in [0.1, 0.15) is 18.2 Å². The molecule has 2 aromatic heterocycles. The van der Waals surface area contributed by atoms with Crippen molar-refractivity contribution in [2.45, 2.75) is 0 Å². The van der Waals surface area contributed by atoms with Crippen molar-refractivity contribution in [2.24, 2.45) is 7.05 Å². The Morgan fingerprint density at radius 1 is 1.39 bits per heavy atom. The zero-order chi connectivity index (χ0) is 12.5. The van der Waals surface area contributed by atoms with E-state index < -0.39 is 0 Å². The van der Waals surface area contributed by atoms with E-state index in [1.807, 2.05) is 24.3 Å². The number of aromatic nitrogens is 3. The van der Waals surface area contributed by atoms with Gasteiger partial charge in [-0.25, -0.2) is 0 Å². The highest BCUT2D eigenvalue weighted by Crippen LogP contribution is 2.21. The molecule has 0 atom stereocenters. The van der Waals surface area contributed by atoms with Crippen molar-refractivity contribution in [3.05, 3.63) is 42.4 Å². The fraction of sp³-hybridized carbons (Fsp3) is 0.0833. The predicted molar refractivity (Wildman–Crippen MR) is 65.2 cm³/mol. The quantitative estimate of drug-likeness (QED) is 0.743. The summed E-state index contributed by atoms with van der Waals surface area (Å²) < 4.78 is 6.94. The summed E-state index contributed by atoms with van der Waals surface area (Å²) in [6.07, 6.45) is 2.96. The van der Waals surface area contributed by atoms with Crippen LogP contribution in [0.3, 0.4) is 0 Å². The third-order valence-electron chi connectivity index (χ3n) is 2.66. The van der Waals surface area contributed by atoms with E-state index in [4.69, 9.17) is 4.42 Å². The van der Waals surface area contributed by atoms with Gasteiger partial charge in [-0.2, -0.15) is 0 Å². The summed E-state index contributed by atoms with van der Waals surface area (Å²) in [5.41, 5.74) is 1.16. The monoisotopic (exact) mass is 242 g/mol. The molecule has 0 bridgehead atoms. The number of aryl methyl sites for hydroxylation is 1. The minimum Gasteiger partial charge on any atom is -0.463 e. The molecule has 18 heavy (non-hydrogen) atoms. The fourth-order valence-corrected chi connectivity index (χ4v) is 1.72.